The van der Waals surface area contributed by atoms with Crippen LogP contribution in [0.1, 0.15) is 57.1 Å². The van der Waals surface area contributed by atoms with Gasteiger partial charge in [-0.2, -0.15) is 0 Å². The first-order chi connectivity index (χ1) is 9.52. The molecule has 0 aliphatic heterocycles. The summed E-state index contributed by atoms with van der Waals surface area (Å²) in [5, 5.41) is 13.7. The molecule has 20 heavy (non-hydrogen) atoms. The summed E-state index contributed by atoms with van der Waals surface area (Å²) in [5.41, 5.74) is 2.47. The fourth-order valence-electron chi connectivity index (χ4n) is 3.77. The molecule has 2 nitrogen and oxygen atoms in total. The normalized spacial score (nSPS) is 17.8. The van der Waals surface area contributed by atoms with Crippen LogP contribution in [-0.2, 0) is 6.54 Å². The Morgan fingerprint density at radius 2 is 1.95 bits per heavy atom. The van der Waals surface area contributed by atoms with Crippen LogP contribution >= 0.6 is 0 Å². The molecule has 0 amide bonds. The van der Waals surface area contributed by atoms with Gasteiger partial charge in [-0.3, -0.25) is 0 Å². The highest BCUT2D eigenvalue weighted by Gasteiger charge is 2.33. The van der Waals surface area contributed by atoms with Crippen molar-refractivity contribution < 1.29 is 5.11 Å². The van der Waals surface area contributed by atoms with Crippen molar-refractivity contribution in [1.82, 2.24) is 5.32 Å². The van der Waals surface area contributed by atoms with Crippen LogP contribution < -0.4 is 5.32 Å². The van der Waals surface area contributed by atoms with Gasteiger partial charge in [-0.15, -0.1) is 0 Å². The van der Waals surface area contributed by atoms with Gasteiger partial charge < -0.3 is 10.4 Å². The summed E-state index contributed by atoms with van der Waals surface area (Å²) in [4.78, 5) is 0. The third kappa shape index (κ3) is 3.76. The number of aryl methyl sites for hydroxylation is 1. The summed E-state index contributed by atoms with van der Waals surface area (Å²) >= 11 is 0. The van der Waals surface area contributed by atoms with E-state index in [2.05, 4.69) is 19.2 Å². The van der Waals surface area contributed by atoms with Crippen molar-refractivity contribution in [3.63, 3.8) is 0 Å². The van der Waals surface area contributed by atoms with Crippen molar-refractivity contribution in [3.05, 3.63) is 29.3 Å². The molecule has 0 atom stereocenters. The topological polar surface area (TPSA) is 32.3 Å². The number of phenolic OH excluding ortho intramolecular Hbond substituents is 1. The second kappa shape index (κ2) is 6.62. The van der Waals surface area contributed by atoms with Crippen molar-refractivity contribution in [3.8, 4) is 5.75 Å². The molecular formula is C18H29NO. The largest absolute Gasteiger partial charge is 0.507 e. The molecule has 1 aliphatic carbocycles. The van der Waals surface area contributed by atoms with Crippen LogP contribution in [0.2, 0.25) is 0 Å². The number of phenols is 1. The monoisotopic (exact) mass is 275 g/mol. The molecule has 2 heteroatoms. The van der Waals surface area contributed by atoms with E-state index in [0.717, 1.165) is 30.1 Å². The molecule has 1 aromatic carbocycles. The Bertz CT molecular complexity index is 433. The van der Waals surface area contributed by atoms with E-state index in [1.165, 1.54) is 32.1 Å². The summed E-state index contributed by atoms with van der Waals surface area (Å²) < 4.78 is 0. The third-order valence-electron chi connectivity index (χ3n) is 4.64. The molecular weight excluding hydrogens is 246 g/mol. The molecule has 1 saturated carbocycles. The first-order valence-electron chi connectivity index (χ1n) is 8.01. The molecule has 0 spiro atoms. The van der Waals surface area contributed by atoms with Gasteiger partial charge in [0.1, 0.15) is 5.75 Å². The molecule has 1 aromatic rings. The van der Waals surface area contributed by atoms with E-state index in [4.69, 9.17) is 0 Å². The van der Waals surface area contributed by atoms with Crippen LogP contribution in [0, 0.1) is 18.3 Å². The molecule has 2 N–H and O–H groups in total. The summed E-state index contributed by atoms with van der Waals surface area (Å²) in [5.74, 6) is 1.21. The van der Waals surface area contributed by atoms with E-state index in [-0.39, 0.29) is 0 Å². The van der Waals surface area contributed by atoms with Gasteiger partial charge in [0, 0.05) is 18.7 Å². The Labute approximate surface area is 123 Å². The maximum Gasteiger partial charge on any atom is 0.122 e. The average Bonchev–Trinajstić information content (AvgIpc) is 2.82. The molecule has 2 rings (SSSR count). The Morgan fingerprint density at radius 3 is 2.60 bits per heavy atom. The lowest BCUT2D eigenvalue weighted by atomic mass is 9.78. The quantitative estimate of drug-likeness (QED) is 0.806. The van der Waals surface area contributed by atoms with Gasteiger partial charge in [-0.05, 0) is 43.1 Å². The van der Waals surface area contributed by atoms with E-state index in [9.17, 15) is 5.11 Å². The van der Waals surface area contributed by atoms with Gasteiger partial charge in [0.05, 0.1) is 0 Å². The minimum atomic E-state index is 0.448. The number of aromatic hydroxyl groups is 1. The number of rotatable bonds is 6. The fourth-order valence-corrected chi connectivity index (χ4v) is 3.77. The lowest BCUT2D eigenvalue weighted by Crippen LogP contribution is -2.33. The van der Waals surface area contributed by atoms with Gasteiger partial charge in [0.15, 0.2) is 0 Å². The predicted molar refractivity (Wildman–Crippen MR) is 84.9 cm³/mol. The van der Waals surface area contributed by atoms with Crippen LogP contribution in [0.4, 0.5) is 0 Å². The smallest absolute Gasteiger partial charge is 0.122 e. The molecule has 0 unspecified atom stereocenters. The summed E-state index contributed by atoms with van der Waals surface area (Å²) in [7, 11) is 0. The fraction of sp³-hybridized carbons (Fsp3) is 0.667. The second-order valence-electron chi connectivity index (χ2n) is 6.99. The van der Waals surface area contributed by atoms with Crippen molar-refractivity contribution in [2.24, 2.45) is 11.3 Å². The van der Waals surface area contributed by atoms with Crippen LogP contribution in [0.25, 0.3) is 0 Å². The number of hydrogen-bond acceptors (Lipinski definition) is 2. The molecule has 112 valence electrons. The van der Waals surface area contributed by atoms with Crippen LogP contribution in [0.15, 0.2) is 18.2 Å². The lowest BCUT2D eigenvalue weighted by molar-refractivity contribution is 0.223. The number of benzene rings is 1. The van der Waals surface area contributed by atoms with Gasteiger partial charge in [0.2, 0.25) is 0 Å². The molecule has 0 radical (unpaired) electrons. The Balaban J connectivity index is 1.92. The maximum absolute atomic E-state index is 10.1. The molecule has 0 saturated heterocycles. The highest BCUT2D eigenvalue weighted by Crippen LogP contribution is 2.42. The Kier molecular flexibility index (Phi) is 5.09. The van der Waals surface area contributed by atoms with Gasteiger partial charge in [-0.1, -0.05) is 44.9 Å². The summed E-state index contributed by atoms with van der Waals surface area (Å²) in [6, 6.07) is 5.99. The lowest BCUT2D eigenvalue weighted by Gasteiger charge is -2.31. The number of nitrogens with one attached hydrogen (secondary N) is 1. The van der Waals surface area contributed by atoms with E-state index in [0.29, 0.717) is 11.2 Å². The predicted octanol–water partition coefficient (Wildman–Crippen LogP) is 4.40. The third-order valence-corrected chi connectivity index (χ3v) is 4.64. The summed E-state index contributed by atoms with van der Waals surface area (Å²) in [6.07, 6.45) is 6.80. The molecule has 1 aliphatic rings. The minimum Gasteiger partial charge on any atom is -0.507 e. The molecule has 1 fully saturated rings. The first-order valence-corrected chi connectivity index (χ1v) is 8.01. The van der Waals surface area contributed by atoms with Crippen molar-refractivity contribution in [2.45, 2.75) is 59.4 Å². The first kappa shape index (κ1) is 15.4. The van der Waals surface area contributed by atoms with Gasteiger partial charge >= 0.3 is 0 Å². The molecule has 0 aromatic heterocycles. The van der Waals surface area contributed by atoms with E-state index in [1.807, 2.05) is 25.1 Å². The maximum atomic E-state index is 10.1. The highest BCUT2D eigenvalue weighted by atomic mass is 16.3. The van der Waals surface area contributed by atoms with Crippen molar-refractivity contribution >= 4 is 0 Å². The molecule has 0 bridgehead atoms. The highest BCUT2D eigenvalue weighted by molar-refractivity contribution is 5.39. The number of hydrogen-bond donors (Lipinski definition) is 2. The minimum absolute atomic E-state index is 0.448. The second-order valence-corrected chi connectivity index (χ2v) is 6.99. The average molecular weight is 275 g/mol. The molecule has 0 heterocycles. The van der Waals surface area contributed by atoms with Crippen molar-refractivity contribution in [1.29, 1.82) is 0 Å². The van der Waals surface area contributed by atoms with Crippen molar-refractivity contribution in [2.75, 3.05) is 6.54 Å². The Morgan fingerprint density at radius 1 is 1.25 bits per heavy atom. The zero-order valence-electron chi connectivity index (χ0n) is 13.2. The van der Waals surface area contributed by atoms with Gasteiger partial charge in [-0.25, -0.2) is 0 Å². The van der Waals surface area contributed by atoms with Crippen LogP contribution in [0.3, 0.4) is 0 Å². The Hall–Kier alpha value is -1.02. The van der Waals surface area contributed by atoms with Crippen LogP contribution in [0.5, 0.6) is 5.75 Å². The zero-order chi connectivity index (χ0) is 14.6. The zero-order valence-corrected chi connectivity index (χ0v) is 13.2. The van der Waals surface area contributed by atoms with Crippen LogP contribution in [-0.4, -0.2) is 11.7 Å². The SMILES string of the molecule is Cc1cccc(CNCC2(CC(C)C)CCCC2)c1O. The van der Waals surface area contributed by atoms with E-state index in [1.54, 1.807) is 0 Å². The van der Waals surface area contributed by atoms with E-state index < -0.39 is 0 Å². The standard InChI is InChI=1S/C18H29NO/c1-14(2)11-18(9-4-5-10-18)13-19-12-16-8-6-7-15(3)17(16)20/h6-8,14,19-20H,4-5,9-13H2,1-3H3. The van der Waals surface area contributed by atoms with Gasteiger partial charge in [0.25, 0.3) is 0 Å². The number of para-hydroxylation sites is 1. The van der Waals surface area contributed by atoms with E-state index >= 15 is 0 Å². The summed E-state index contributed by atoms with van der Waals surface area (Å²) in [6.45, 7) is 8.46.